The predicted molar refractivity (Wildman–Crippen MR) is 89.8 cm³/mol. The Morgan fingerprint density at radius 3 is 2.62 bits per heavy atom. The van der Waals surface area contributed by atoms with E-state index < -0.39 is 0 Å². The Labute approximate surface area is 140 Å². The van der Waals surface area contributed by atoms with Crippen LogP contribution in [0.25, 0.3) is 0 Å². The molecular formula is C18H19N3O3. The van der Waals surface area contributed by atoms with Crippen LogP contribution in [0.2, 0.25) is 0 Å². The number of benzene rings is 1. The van der Waals surface area contributed by atoms with Gasteiger partial charge in [0, 0.05) is 25.8 Å². The molecule has 0 bridgehead atoms. The fourth-order valence-electron chi connectivity index (χ4n) is 2.87. The Morgan fingerprint density at radius 1 is 1.21 bits per heavy atom. The lowest BCUT2D eigenvalue weighted by Gasteiger charge is -2.21. The van der Waals surface area contributed by atoms with Crippen LogP contribution >= 0.6 is 0 Å². The van der Waals surface area contributed by atoms with Gasteiger partial charge in [-0.05, 0) is 30.7 Å². The van der Waals surface area contributed by atoms with Crippen LogP contribution in [-0.4, -0.2) is 46.9 Å². The molecule has 2 amide bonds. The van der Waals surface area contributed by atoms with E-state index in [4.69, 9.17) is 0 Å². The lowest BCUT2D eigenvalue weighted by molar-refractivity contribution is -0.121. The van der Waals surface area contributed by atoms with Crippen LogP contribution in [-0.2, 0) is 4.79 Å². The number of likely N-dealkylation sites (tertiary alicyclic amines) is 1. The molecule has 1 aromatic carbocycles. The molecule has 24 heavy (non-hydrogen) atoms. The summed E-state index contributed by atoms with van der Waals surface area (Å²) < 4.78 is 0. The van der Waals surface area contributed by atoms with Gasteiger partial charge in [-0.3, -0.25) is 9.59 Å². The predicted octanol–water partition coefficient (Wildman–Crippen LogP) is 1.91. The molecule has 1 N–H and O–H groups in total. The van der Waals surface area contributed by atoms with Crippen molar-refractivity contribution in [2.45, 2.75) is 6.42 Å². The van der Waals surface area contributed by atoms with E-state index >= 15 is 0 Å². The molecule has 0 saturated carbocycles. The topological polar surface area (TPSA) is 73.7 Å². The van der Waals surface area contributed by atoms with Gasteiger partial charge in [0.1, 0.15) is 11.4 Å². The van der Waals surface area contributed by atoms with Crippen LogP contribution in [0.3, 0.4) is 0 Å². The minimum atomic E-state index is -0.215. The Kier molecular flexibility index (Phi) is 4.46. The molecule has 2 aromatic rings. The van der Waals surface area contributed by atoms with Gasteiger partial charge in [0.25, 0.3) is 5.91 Å². The van der Waals surface area contributed by atoms with Crippen molar-refractivity contribution in [3.63, 3.8) is 0 Å². The molecule has 1 aliphatic rings. The molecule has 1 saturated heterocycles. The van der Waals surface area contributed by atoms with Crippen LogP contribution in [0.4, 0.5) is 5.69 Å². The van der Waals surface area contributed by atoms with Gasteiger partial charge >= 0.3 is 0 Å². The smallest absolute Gasteiger partial charge is 0.272 e. The SMILES string of the molecule is CN(C(=O)C1CCN(C(=O)c2ccc(O)cn2)C1)c1ccccc1. The minimum Gasteiger partial charge on any atom is -0.506 e. The zero-order valence-electron chi connectivity index (χ0n) is 13.4. The van der Waals surface area contributed by atoms with Crippen molar-refractivity contribution in [2.75, 3.05) is 25.0 Å². The third-order valence-corrected chi connectivity index (χ3v) is 4.27. The van der Waals surface area contributed by atoms with Gasteiger partial charge in [0.15, 0.2) is 0 Å². The highest BCUT2D eigenvalue weighted by Crippen LogP contribution is 2.23. The van der Waals surface area contributed by atoms with Crippen molar-refractivity contribution in [2.24, 2.45) is 5.92 Å². The lowest BCUT2D eigenvalue weighted by Crippen LogP contribution is -2.36. The van der Waals surface area contributed by atoms with Crippen molar-refractivity contribution in [3.8, 4) is 5.75 Å². The summed E-state index contributed by atoms with van der Waals surface area (Å²) >= 11 is 0. The van der Waals surface area contributed by atoms with Crippen LogP contribution in [0.5, 0.6) is 5.75 Å². The highest BCUT2D eigenvalue weighted by Gasteiger charge is 2.33. The third-order valence-electron chi connectivity index (χ3n) is 4.27. The van der Waals surface area contributed by atoms with Gasteiger partial charge in [-0.15, -0.1) is 0 Å². The van der Waals surface area contributed by atoms with Gasteiger partial charge in [0.05, 0.1) is 12.1 Å². The largest absolute Gasteiger partial charge is 0.506 e. The molecule has 1 aliphatic heterocycles. The standard InChI is InChI=1S/C18H19N3O3/c1-20(14-5-3-2-4-6-14)17(23)13-9-10-21(12-13)18(24)16-8-7-15(22)11-19-16/h2-8,11,13,22H,9-10,12H2,1H3. The zero-order chi connectivity index (χ0) is 17.1. The van der Waals surface area contributed by atoms with Gasteiger partial charge in [0.2, 0.25) is 5.91 Å². The number of hydrogen-bond acceptors (Lipinski definition) is 4. The molecule has 0 radical (unpaired) electrons. The number of hydrogen-bond donors (Lipinski definition) is 1. The van der Waals surface area contributed by atoms with Gasteiger partial charge in [-0.25, -0.2) is 4.98 Å². The van der Waals surface area contributed by atoms with E-state index in [2.05, 4.69) is 4.98 Å². The molecule has 124 valence electrons. The fourth-order valence-corrected chi connectivity index (χ4v) is 2.87. The number of aromatic hydroxyl groups is 1. The summed E-state index contributed by atoms with van der Waals surface area (Å²) in [5, 5.41) is 9.25. The maximum atomic E-state index is 12.6. The summed E-state index contributed by atoms with van der Waals surface area (Å²) in [4.78, 5) is 32.3. The van der Waals surface area contributed by atoms with E-state index in [0.717, 1.165) is 5.69 Å². The average molecular weight is 325 g/mol. The summed E-state index contributed by atoms with van der Waals surface area (Å²) in [6, 6.07) is 12.4. The molecule has 2 heterocycles. The van der Waals surface area contributed by atoms with Gasteiger partial charge < -0.3 is 14.9 Å². The van der Waals surface area contributed by atoms with Crippen molar-refractivity contribution >= 4 is 17.5 Å². The van der Waals surface area contributed by atoms with Crippen molar-refractivity contribution in [3.05, 3.63) is 54.4 Å². The molecule has 6 nitrogen and oxygen atoms in total. The zero-order valence-corrected chi connectivity index (χ0v) is 13.4. The number of aromatic nitrogens is 1. The molecule has 0 aliphatic carbocycles. The van der Waals surface area contributed by atoms with E-state index in [1.165, 1.54) is 18.3 Å². The number of nitrogens with zero attached hydrogens (tertiary/aromatic N) is 3. The maximum absolute atomic E-state index is 12.6. The van der Waals surface area contributed by atoms with Crippen LogP contribution in [0.1, 0.15) is 16.9 Å². The van der Waals surface area contributed by atoms with E-state index in [-0.39, 0.29) is 29.2 Å². The van der Waals surface area contributed by atoms with E-state index in [9.17, 15) is 14.7 Å². The quantitative estimate of drug-likeness (QED) is 0.935. The van der Waals surface area contributed by atoms with Crippen molar-refractivity contribution in [1.82, 2.24) is 9.88 Å². The second-order valence-corrected chi connectivity index (χ2v) is 5.87. The molecule has 3 rings (SSSR count). The van der Waals surface area contributed by atoms with E-state index in [0.29, 0.717) is 19.5 Å². The third kappa shape index (κ3) is 3.22. The molecule has 1 fully saturated rings. The summed E-state index contributed by atoms with van der Waals surface area (Å²) in [5.41, 5.74) is 1.12. The summed E-state index contributed by atoms with van der Waals surface area (Å²) in [6.45, 7) is 0.915. The van der Waals surface area contributed by atoms with Crippen molar-refractivity contribution < 1.29 is 14.7 Å². The first-order valence-corrected chi connectivity index (χ1v) is 7.83. The first kappa shape index (κ1) is 16.0. The first-order chi connectivity index (χ1) is 11.6. The van der Waals surface area contributed by atoms with Crippen LogP contribution < -0.4 is 4.90 Å². The Morgan fingerprint density at radius 2 is 1.96 bits per heavy atom. The van der Waals surface area contributed by atoms with Crippen LogP contribution in [0.15, 0.2) is 48.7 Å². The van der Waals surface area contributed by atoms with E-state index in [1.54, 1.807) is 16.8 Å². The number of para-hydroxylation sites is 1. The summed E-state index contributed by atoms with van der Waals surface area (Å²) in [6.07, 6.45) is 1.88. The molecular weight excluding hydrogens is 306 g/mol. The minimum absolute atomic E-state index is 0.00941. The van der Waals surface area contributed by atoms with Gasteiger partial charge in [-0.1, -0.05) is 18.2 Å². The molecule has 0 spiro atoms. The number of anilines is 1. The summed E-state index contributed by atoms with van der Waals surface area (Å²) in [5.74, 6) is -0.399. The van der Waals surface area contributed by atoms with Crippen LogP contribution in [0, 0.1) is 5.92 Å². The Hall–Kier alpha value is -2.89. The normalized spacial score (nSPS) is 16.9. The number of pyridine rings is 1. The van der Waals surface area contributed by atoms with Gasteiger partial charge in [-0.2, -0.15) is 0 Å². The summed E-state index contributed by atoms with van der Waals surface area (Å²) in [7, 11) is 1.75. The second kappa shape index (κ2) is 6.70. The fraction of sp³-hybridized carbons (Fsp3) is 0.278. The monoisotopic (exact) mass is 325 g/mol. The first-order valence-electron chi connectivity index (χ1n) is 7.83. The molecule has 6 heteroatoms. The Balaban J connectivity index is 1.65. The van der Waals surface area contributed by atoms with E-state index in [1.807, 2.05) is 30.3 Å². The maximum Gasteiger partial charge on any atom is 0.272 e. The highest BCUT2D eigenvalue weighted by molar-refractivity contribution is 5.97. The second-order valence-electron chi connectivity index (χ2n) is 5.87. The number of amides is 2. The molecule has 1 atom stereocenters. The average Bonchev–Trinajstić information content (AvgIpc) is 3.11. The Bertz CT molecular complexity index is 731. The number of carbonyl (C=O) groups is 2. The number of rotatable bonds is 3. The number of carbonyl (C=O) groups excluding carboxylic acids is 2. The highest BCUT2D eigenvalue weighted by atomic mass is 16.3. The molecule has 1 aromatic heterocycles. The molecule has 1 unspecified atom stereocenters. The lowest BCUT2D eigenvalue weighted by atomic mass is 10.1. The van der Waals surface area contributed by atoms with Crippen molar-refractivity contribution in [1.29, 1.82) is 0 Å².